The van der Waals surface area contributed by atoms with E-state index in [1.54, 1.807) is 49.4 Å². The van der Waals surface area contributed by atoms with Gasteiger partial charge in [0, 0.05) is 17.1 Å². The Morgan fingerprint density at radius 2 is 1.71 bits per heavy atom. The van der Waals surface area contributed by atoms with Crippen molar-refractivity contribution in [2.24, 2.45) is 0 Å². The molecule has 4 amide bonds. The summed E-state index contributed by atoms with van der Waals surface area (Å²) < 4.78 is 6.72. The second-order valence-electron chi connectivity index (χ2n) is 7.95. The molecule has 2 aromatic carbocycles. The van der Waals surface area contributed by atoms with Crippen molar-refractivity contribution in [3.05, 3.63) is 88.2 Å². The van der Waals surface area contributed by atoms with Crippen molar-refractivity contribution in [1.29, 1.82) is 0 Å². The van der Waals surface area contributed by atoms with Gasteiger partial charge in [-0.2, -0.15) is 0 Å². The number of methoxy groups -OCH3 is 1. The standard InChI is InChI=1S/C26H23N3O5/c1-15-8-5-6-11-22(15)29-24(31)21(23(30)27-26(29)33)14-19-12-16(2)28(17(19)3)20-10-7-9-18(13-20)25(32)34-4/h5-14H,1-4H3,(H,27,30,33)/b21-14+. The van der Waals surface area contributed by atoms with Gasteiger partial charge in [0.1, 0.15) is 5.57 Å². The van der Waals surface area contributed by atoms with E-state index in [9.17, 15) is 19.2 Å². The molecule has 1 aromatic heterocycles. The number of aryl methyl sites for hydroxylation is 2. The van der Waals surface area contributed by atoms with Crippen LogP contribution in [0.3, 0.4) is 0 Å². The van der Waals surface area contributed by atoms with Crippen LogP contribution >= 0.6 is 0 Å². The number of esters is 1. The highest BCUT2D eigenvalue weighted by molar-refractivity contribution is 6.39. The number of urea groups is 1. The van der Waals surface area contributed by atoms with Crippen LogP contribution < -0.4 is 10.2 Å². The maximum atomic E-state index is 13.2. The summed E-state index contributed by atoms with van der Waals surface area (Å²) in [5.41, 5.74) is 4.36. The predicted octanol–water partition coefficient (Wildman–Crippen LogP) is 3.86. The molecule has 1 aliphatic heterocycles. The number of nitrogens with one attached hydrogen (secondary N) is 1. The average Bonchev–Trinajstić information content (AvgIpc) is 3.09. The number of aromatic nitrogens is 1. The minimum absolute atomic E-state index is 0.147. The number of para-hydroxylation sites is 1. The zero-order valence-electron chi connectivity index (χ0n) is 19.2. The normalized spacial score (nSPS) is 15.0. The Hall–Kier alpha value is -4.46. The molecule has 0 saturated carbocycles. The van der Waals surface area contributed by atoms with Crippen LogP contribution in [-0.2, 0) is 14.3 Å². The first-order chi connectivity index (χ1) is 16.2. The summed E-state index contributed by atoms with van der Waals surface area (Å²) in [5, 5.41) is 2.26. The van der Waals surface area contributed by atoms with Crippen LogP contribution in [0.5, 0.6) is 0 Å². The minimum Gasteiger partial charge on any atom is -0.465 e. The van der Waals surface area contributed by atoms with Crippen LogP contribution in [0, 0.1) is 20.8 Å². The molecule has 4 rings (SSSR count). The lowest BCUT2D eigenvalue weighted by Crippen LogP contribution is -2.54. The Balaban J connectivity index is 1.77. The number of carbonyl (C=O) groups is 4. The molecule has 8 heteroatoms. The molecule has 0 unspecified atom stereocenters. The van der Waals surface area contributed by atoms with E-state index in [0.717, 1.165) is 27.5 Å². The quantitative estimate of drug-likeness (QED) is 0.365. The number of ether oxygens (including phenoxy) is 1. The molecule has 0 radical (unpaired) electrons. The minimum atomic E-state index is -0.786. The first-order valence-electron chi connectivity index (χ1n) is 10.6. The molecule has 0 spiro atoms. The molecule has 1 fully saturated rings. The van der Waals surface area contributed by atoms with Gasteiger partial charge in [-0.3, -0.25) is 14.9 Å². The van der Waals surface area contributed by atoms with Crippen LogP contribution in [0.2, 0.25) is 0 Å². The topological polar surface area (TPSA) is 97.7 Å². The van der Waals surface area contributed by atoms with Gasteiger partial charge in [0.25, 0.3) is 11.8 Å². The Bertz CT molecular complexity index is 1380. The molecule has 34 heavy (non-hydrogen) atoms. The summed E-state index contributed by atoms with van der Waals surface area (Å²) in [7, 11) is 1.32. The Kier molecular flexibility index (Phi) is 5.89. The molecule has 0 aliphatic carbocycles. The number of nitrogens with zero attached hydrogens (tertiary/aromatic N) is 2. The number of anilines is 1. The fourth-order valence-corrected chi connectivity index (χ4v) is 4.07. The number of carbonyl (C=O) groups excluding carboxylic acids is 4. The maximum absolute atomic E-state index is 13.2. The van der Waals surface area contributed by atoms with E-state index in [1.807, 2.05) is 30.5 Å². The van der Waals surface area contributed by atoms with Crippen molar-refractivity contribution in [3.8, 4) is 5.69 Å². The van der Waals surface area contributed by atoms with E-state index >= 15 is 0 Å². The third kappa shape index (κ3) is 3.90. The lowest BCUT2D eigenvalue weighted by atomic mass is 10.1. The van der Waals surface area contributed by atoms with Crippen molar-refractivity contribution in [1.82, 2.24) is 9.88 Å². The summed E-state index contributed by atoms with van der Waals surface area (Å²) in [6.07, 6.45) is 1.48. The number of hydrogen-bond acceptors (Lipinski definition) is 5. The van der Waals surface area contributed by atoms with E-state index < -0.39 is 23.8 Å². The van der Waals surface area contributed by atoms with Crippen LogP contribution in [-0.4, -0.2) is 35.5 Å². The van der Waals surface area contributed by atoms with E-state index in [4.69, 9.17) is 4.74 Å². The molecule has 0 atom stereocenters. The zero-order chi connectivity index (χ0) is 24.6. The Morgan fingerprint density at radius 1 is 0.971 bits per heavy atom. The van der Waals surface area contributed by atoms with Gasteiger partial charge in [-0.1, -0.05) is 24.3 Å². The lowest BCUT2D eigenvalue weighted by Gasteiger charge is -2.27. The van der Waals surface area contributed by atoms with E-state index in [-0.39, 0.29) is 5.57 Å². The Morgan fingerprint density at radius 3 is 2.41 bits per heavy atom. The van der Waals surface area contributed by atoms with Crippen LogP contribution in [0.15, 0.2) is 60.2 Å². The first kappa shape index (κ1) is 22.7. The second kappa shape index (κ2) is 8.82. The van der Waals surface area contributed by atoms with Crippen molar-refractivity contribution < 1.29 is 23.9 Å². The van der Waals surface area contributed by atoms with Crippen molar-refractivity contribution >= 4 is 35.6 Å². The highest BCUT2D eigenvalue weighted by Gasteiger charge is 2.37. The van der Waals surface area contributed by atoms with Gasteiger partial charge in [0.15, 0.2) is 0 Å². The molecule has 2 heterocycles. The predicted molar refractivity (Wildman–Crippen MR) is 127 cm³/mol. The van der Waals surface area contributed by atoms with Gasteiger partial charge in [-0.25, -0.2) is 14.5 Å². The molecule has 8 nitrogen and oxygen atoms in total. The Labute approximate surface area is 196 Å². The molecule has 3 aromatic rings. The summed E-state index contributed by atoms with van der Waals surface area (Å²) >= 11 is 0. The summed E-state index contributed by atoms with van der Waals surface area (Å²) in [5.74, 6) is -1.89. The number of barbiturate groups is 1. The molecule has 172 valence electrons. The monoisotopic (exact) mass is 457 g/mol. The number of imide groups is 2. The number of rotatable bonds is 4. The third-order valence-corrected chi connectivity index (χ3v) is 5.75. The number of benzene rings is 2. The largest absolute Gasteiger partial charge is 0.465 e. The first-order valence-corrected chi connectivity index (χ1v) is 10.6. The van der Waals surface area contributed by atoms with Gasteiger partial charge >= 0.3 is 12.0 Å². The van der Waals surface area contributed by atoms with Crippen LogP contribution in [0.25, 0.3) is 11.8 Å². The zero-order valence-corrected chi connectivity index (χ0v) is 19.2. The van der Waals surface area contributed by atoms with E-state index in [1.165, 1.54) is 13.2 Å². The van der Waals surface area contributed by atoms with Crippen LogP contribution in [0.1, 0.15) is 32.9 Å². The van der Waals surface area contributed by atoms with Crippen LogP contribution in [0.4, 0.5) is 10.5 Å². The lowest BCUT2D eigenvalue weighted by molar-refractivity contribution is -0.122. The summed E-state index contributed by atoms with van der Waals surface area (Å²) in [6, 6.07) is 15.0. The molecule has 1 N–H and O–H groups in total. The maximum Gasteiger partial charge on any atom is 0.337 e. The SMILES string of the molecule is COC(=O)c1cccc(-n2c(C)cc(/C=C3\C(=O)NC(=O)N(c4ccccc4C)C3=O)c2C)c1. The van der Waals surface area contributed by atoms with E-state index in [0.29, 0.717) is 16.8 Å². The highest BCUT2D eigenvalue weighted by atomic mass is 16.5. The van der Waals surface area contributed by atoms with Crippen molar-refractivity contribution in [2.75, 3.05) is 12.0 Å². The molecule has 1 aliphatic rings. The smallest absolute Gasteiger partial charge is 0.337 e. The molecular formula is C26H23N3O5. The molecule has 0 bridgehead atoms. The number of amides is 4. The summed E-state index contributed by atoms with van der Waals surface area (Å²) in [6.45, 7) is 5.51. The van der Waals surface area contributed by atoms with Gasteiger partial charge < -0.3 is 9.30 Å². The fraction of sp³-hybridized carbons (Fsp3) is 0.154. The molecular weight excluding hydrogens is 434 g/mol. The summed E-state index contributed by atoms with van der Waals surface area (Å²) in [4.78, 5) is 51.3. The molecule has 1 saturated heterocycles. The van der Waals surface area contributed by atoms with Gasteiger partial charge in [-0.15, -0.1) is 0 Å². The fourth-order valence-electron chi connectivity index (χ4n) is 4.07. The highest BCUT2D eigenvalue weighted by Crippen LogP contribution is 2.27. The number of hydrogen-bond donors (Lipinski definition) is 1. The van der Waals surface area contributed by atoms with Gasteiger partial charge in [0.05, 0.1) is 18.4 Å². The average molecular weight is 457 g/mol. The van der Waals surface area contributed by atoms with Gasteiger partial charge in [-0.05, 0) is 68.3 Å². The van der Waals surface area contributed by atoms with Crippen molar-refractivity contribution in [2.45, 2.75) is 20.8 Å². The van der Waals surface area contributed by atoms with E-state index in [2.05, 4.69) is 5.32 Å². The third-order valence-electron chi connectivity index (χ3n) is 5.75. The second-order valence-corrected chi connectivity index (χ2v) is 7.95. The van der Waals surface area contributed by atoms with Gasteiger partial charge in [0.2, 0.25) is 0 Å². The van der Waals surface area contributed by atoms with Crippen molar-refractivity contribution in [3.63, 3.8) is 0 Å².